The molecule has 0 spiro atoms. The Hall–Kier alpha value is -3.29. The van der Waals surface area contributed by atoms with Crippen LogP contribution in [0.25, 0.3) is 16.9 Å². The number of benzene rings is 3. The monoisotopic (exact) mass is 477 g/mol. The number of nitrogens with one attached hydrogen (secondary N) is 1. The van der Waals surface area contributed by atoms with Gasteiger partial charge in [-0.25, -0.2) is 4.68 Å². The fourth-order valence-electron chi connectivity index (χ4n) is 3.06. The van der Waals surface area contributed by atoms with Crippen LogP contribution in [0, 0.1) is 0 Å². The van der Waals surface area contributed by atoms with Gasteiger partial charge in [-0.2, -0.15) is 18.3 Å². The van der Waals surface area contributed by atoms with Gasteiger partial charge in [0.05, 0.1) is 16.4 Å². The molecular formula is C23H16Cl2F3N3O. The van der Waals surface area contributed by atoms with Crippen molar-refractivity contribution in [1.29, 1.82) is 0 Å². The summed E-state index contributed by atoms with van der Waals surface area (Å²) in [4.78, 5) is 12.5. The van der Waals surface area contributed by atoms with Crippen LogP contribution in [0.2, 0.25) is 10.0 Å². The molecule has 0 radical (unpaired) electrons. The zero-order valence-electron chi connectivity index (χ0n) is 16.2. The van der Waals surface area contributed by atoms with Gasteiger partial charge in [-0.1, -0.05) is 47.5 Å². The number of amides is 1. The maximum Gasteiger partial charge on any atom is 0.435 e. The number of anilines is 1. The fourth-order valence-corrected chi connectivity index (χ4v) is 3.40. The molecule has 0 aliphatic rings. The molecule has 0 aliphatic carbocycles. The summed E-state index contributed by atoms with van der Waals surface area (Å²) < 4.78 is 41.2. The summed E-state index contributed by atoms with van der Waals surface area (Å²) in [5.41, 5.74) is 0.797. The van der Waals surface area contributed by atoms with Gasteiger partial charge >= 0.3 is 6.18 Å². The Bertz CT molecular complexity index is 1270. The Balaban J connectivity index is 0.00000306. The molecule has 32 heavy (non-hydrogen) atoms. The summed E-state index contributed by atoms with van der Waals surface area (Å²) in [6.45, 7) is 0. The van der Waals surface area contributed by atoms with Gasteiger partial charge in [0.25, 0.3) is 5.91 Å². The first kappa shape index (κ1) is 21.9. The first-order valence-electron chi connectivity index (χ1n) is 9.32. The first-order chi connectivity index (χ1) is 15.2. The lowest BCUT2D eigenvalue weighted by Crippen LogP contribution is -2.11. The fraction of sp³-hybridized carbons (Fsp3) is 0.0435. The number of halogens is 5. The molecule has 0 unspecified atom stereocenters. The summed E-state index contributed by atoms with van der Waals surface area (Å²) in [5, 5.41) is 7.26. The highest BCUT2D eigenvalue weighted by molar-refractivity contribution is 6.32. The Kier molecular flexibility index (Phi) is 5.95. The normalized spacial score (nSPS) is 11.4. The topological polar surface area (TPSA) is 46.9 Å². The van der Waals surface area contributed by atoms with Crippen LogP contribution < -0.4 is 5.32 Å². The summed E-state index contributed by atoms with van der Waals surface area (Å²) >= 11 is 12.0. The quantitative estimate of drug-likeness (QED) is 0.333. The third-order valence-electron chi connectivity index (χ3n) is 4.63. The van der Waals surface area contributed by atoms with E-state index in [4.69, 9.17) is 23.2 Å². The van der Waals surface area contributed by atoms with E-state index < -0.39 is 11.9 Å². The summed E-state index contributed by atoms with van der Waals surface area (Å²) in [6.07, 6.45) is -4.63. The molecule has 0 atom stereocenters. The second-order valence-electron chi connectivity index (χ2n) is 6.81. The highest BCUT2D eigenvalue weighted by atomic mass is 35.5. The van der Waals surface area contributed by atoms with E-state index in [9.17, 15) is 18.0 Å². The standard InChI is InChI=1S/C23H14Cl2F3N3O.H2/c24-16-9-11-17(12-10-16)29-22(32)15-7-5-14(6-8-15)20-13-21(23(26,27)28)30-31(20)19-4-2-1-3-18(19)25;/h1-13H,(H,29,32);1H. The maximum atomic E-state index is 13.3. The van der Waals surface area contributed by atoms with Crippen LogP contribution in [0.15, 0.2) is 78.9 Å². The minimum absolute atomic E-state index is 0. The lowest BCUT2D eigenvalue weighted by atomic mass is 10.1. The highest BCUT2D eigenvalue weighted by Gasteiger charge is 2.35. The van der Waals surface area contributed by atoms with Crippen LogP contribution in [0.1, 0.15) is 17.5 Å². The molecule has 9 heteroatoms. The maximum absolute atomic E-state index is 13.3. The zero-order chi connectivity index (χ0) is 22.9. The minimum Gasteiger partial charge on any atom is -0.322 e. The third-order valence-corrected chi connectivity index (χ3v) is 5.20. The van der Waals surface area contributed by atoms with Crippen molar-refractivity contribution in [2.45, 2.75) is 6.18 Å². The predicted octanol–water partition coefficient (Wildman–Crippen LogP) is 7.36. The van der Waals surface area contributed by atoms with Gasteiger partial charge in [-0.05, 0) is 54.6 Å². The van der Waals surface area contributed by atoms with Crippen molar-refractivity contribution in [2.24, 2.45) is 0 Å². The number of carbonyl (C=O) groups excluding carboxylic acids is 1. The van der Waals surface area contributed by atoms with Gasteiger partial charge in [0.1, 0.15) is 0 Å². The van der Waals surface area contributed by atoms with Crippen molar-refractivity contribution in [1.82, 2.24) is 9.78 Å². The largest absolute Gasteiger partial charge is 0.435 e. The van der Waals surface area contributed by atoms with E-state index in [2.05, 4.69) is 10.4 Å². The number of hydrogen-bond donors (Lipinski definition) is 1. The molecule has 3 aromatic carbocycles. The molecule has 1 heterocycles. The molecule has 4 rings (SSSR count). The van der Waals surface area contributed by atoms with Crippen molar-refractivity contribution in [3.8, 4) is 16.9 Å². The van der Waals surface area contributed by atoms with Crippen LogP contribution in [-0.2, 0) is 6.18 Å². The van der Waals surface area contributed by atoms with Gasteiger partial charge < -0.3 is 5.32 Å². The van der Waals surface area contributed by atoms with E-state index in [1.54, 1.807) is 60.7 Å². The number of hydrogen-bond acceptors (Lipinski definition) is 2. The zero-order valence-corrected chi connectivity index (χ0v) is 17.7. The number of para-hydroxylation sites is 1. The molecule has 0 bridgehead atoms. The number of rotatable bonds is 4. The molecule has 1 amide bonds. The molecule has 0 fully saturated rings. The second-order valence-corrected chi connectivity index (χ2v) is 7.66. The molecular weight excluding hydrogens is 462 g/mol. The summed E-state index contributed by atoms with van der Waals surface area (Å²) in [5.74, 6) is -0.366. The van der Waals surface area contributed by atoms with Gasteiger partial charge in [-0.15, -0.1) is 0 Å². The van der Waals surface area contributed by atoms with Crippen molar-refractivity contribution in [2.75, 3.05) is 5.32 Å². The van der Waals surface area contributed by atoms with E-state index in [1.807, 2.05) is 0 Å². The molecule has 164 valence electrons. The van der Waals surface area contributed by atoms with Crippen molar-refractivity contribution in [3.05, 3.63) is 100 Å². The lowest BCUT2D eigenvalue weighted by molar-refractivity contribution is -0.141. The van der Waals surface area contributed by atoms with Gasteiger partial charge in [0, 0.05) is 23.3 Å². The number of aromatic nitrogens is 2. The number of carbonyl (C=O) groups is 1. The Morgan fingerprint density at radius 3 is 2.22 bits per heavy atom. The SMILES string of the molecule is O=C(Nc1ccc(Cl)cc1)c1ccc(-c2cc(C(F)(F)F)nn2-c2ccccc2Cl)cc1.[HH]. The van der Waals surface area contributed by atoms with Crippen LogP contribution in [0.3, 0.4) is 0 Å². The molecule has 4 aromatic rings. The van der Waals surface area contributed by atoms with Crippen LogP contribution in [-0.4, -0.2) is 15.7 Å². The van der Waals surface area contributed by atoms with Crippen LogP contribution in [0.4, 0.5) is 18.9 Å². The Morgan fingerprint density at radius 2 is 1.59 bits per heavy atom. The van der Waals surface area contributed by atoms with Crippen LogP contribution in [0.5, 0.6) is 0 Å². The van der Waals surface area contributed by atoms with E-state index in [0.29, 0.717) is 27.5 Å². The molecule has 0 saturated heterocycles. The summed E-state index contributed by atoms with van der Waals surface area (Å²) in [7, 11) is 0. The molecule has 1 aromatic heterocycles. The average molecular weight is 478 g/mol. The second kappa shape index (κ2) is 8.68. The number of nitrogens with zero attached hydrogens (tertiary/aromatic N) is 2. The van der Waals surface area contributed by atoms with Gasteiger partial charge in [-0.3, -0.25) is 4.79 Å². The first-order valence-corrected chi connectivity index (χ1v) is 10.1. The number of alkyl halides is 3. The van der Waals surface area contributed by atoms with E-state index in [-0.39, 0.29) is 18.1 Å². The third kappa shape index (κ3) is 4.64. The predicted molar refractivity (Wildman–Crippen MR) is 121 cm³/mol. The van der Waals surface area contributed by atoms with E-state index >= 15 is 0 Å². The summed E-state index contributed by atoms with van der Waals surface area (Å²) in [6, 6.07) is 20.2. The Morgan fingerprint density at radius 1 is 0.938 bits per heavy atom. The van der Waals surface area contributed by atoms with E-state index in [0.717, 1.165) is 10.7 Å². The average Bonchev–Trinajstić information content (AvgIpc) is 3.21. The van der Waals surface area contributed by atoms with Gasteiger partial charge in [0.2, 0.25) is 0 Å². The van der Waals surface area contributed by atoms with Crippen molar-refractivity contribution < 1.29 is 19.4 Å². The smallest absolute Gasteiger partial charge is 0.322 e. The van der Waals surface area contributed by atoms with E-state index in [1.165, 1.54) is 12.1 Å². The Labute approximate surface area is 192 Å². The molecule has 0 aliphatic heterocycles. The highest BCUT2D eigenvalue weighted by Crippen LogP contribution is 2.34. The molecule has 4 nitrogen and oxygen atoms in total. The minimum atomic E-state index is -4.63. The van der Waals surface area contributed by atoms with Crippen molar-refractivity contribution >= 4 is 34.8 Å². The van der Waals surface area contributed by atoms with Crippen molar-refractivity contribution in [3.63, 3.8) is 0 Å². The van der Waals surface area contributed by atoms with Gasteiger partial charge in [0.15, 0.2) is 5.69 Å². The lowest BCUT2D eigenvalue weighted by Gasteiger charge is -2.10. The van der Waals surface area contributed by atoms with Crippen LogP contribution >= 0.6 is 23.2 Å². The molecule has 1 N–H and O–H groups in total. The molecule has 0 saturated carbocycles.